The number of nitrogens with one attached hydrogen (secondary N) is 1. The van der Waals surface area contributed by atoms with E-state index >= 15 is 0 Å². The molecule has 3 rings (SSSR count). The highest BCUT2D eigenvalue weighted by molar-refractivity contribution is 6.02. The van der Waals surface area contributed by atoms with Crippen LogP contribution in [0.4, 0.5) is 0 Å². The molecule has 34 heavy (non-hydrogen) atoms. The maximum Gasteiger partial charge on any atom is 0.341 e. The Kier molecular flexibility index (Phi) is 9.18. The van der Waals surface area contributed by atoms with Gasteiger partial charge in [-0.05, 0) is 50.2 Å². The van der Waals surface area contributed by atoms with Crippen LogP contribution >= 0.6 is 0 Å². The second-order valence-corrected chi connectivity index (χ2v) is 8.05. The van der Waals surface area contributed by atoms with E-state index in [4.69, 9.17) is 14.2 Å². The number of methoxy groups -OCH3 is 1. The van der Waals surface area contributed by atoms with E-state index in [0.717, 1.165) is 32.7 Å². The minimum absolute atomic E-state index is 0.0280. The lowest BCUT2D eigenvalue weighted by Gasteiger charge is -2.27. The number of benzene rings is 2. The van der Waals surface area contributed by atoms with Crippen molar-refractivity contribution in [1.29, 1.82) is 0 Å². The average molecular weight is 469 g/mol. The molecule has 2 aromatic carbocycles. The summed E-state index contributed by atoms with van der Waals surface area (Å²) in [6.07, 6.45) is 0.0280. The fourth-order valence-electron chi connectivity index (χ4n) is 3.83. The number of Topliss-reactive ketones (excluding diaryl/α,β-unsaturated/α-hetero) is 2. The Morgan fingerprint density at radius 2 is 1.68 bits per heavy atom. The average Bonchev–Trinajstić information content (AvgIpc) is 2.85. The molecule has 0 bridgehead atoms. The molecular weight excluding hydrogens is 436 g/mol. The first kappa shape index (κ1) is 25.4. The van der Waals surface area contributed by atoms with Crippen LogP contribution in [0.2, 0.25) is 0 Å². The summed E-state index contributed by atoms with van der Waals surface area (Å²) in [5.41, 5.74) is 1.69. The zero-order chi connectivity index (χ0) is 24.5. The standard InChI is InChI=1S/C26H32N2O6/c1-4-33-24-7-5-19(18(2)29)15-21(24)17-23(30)20-6-8-25(22(16-20)26(31)32-3)34-14-13-28-11-9-27-10-12-28/h5-8,15-16,27H,4,9-14,17H2,1-3H3. The first-order valence-electron chi connectivity index (χ1n) is 11.5. The summed E-state index contributed by atoms with van der Waals surface area (Å²) < 4.78 is 16.4. The van der Waals surface area contributed by atoms with Crippen molar-refractivity contribution < 1.29 is 28.6 Å². The largest absolute Gasteiger partial charge is 0.494 e. The van der Waals surface area contributed by atoms with Crippen LogP contribution in [-0.4, -0.2) is 75.5 Å². The van der Waals surface area contributed by atoms with Crippen molar-refractivity contribution in [2.75, 3.05) is 53.0 Å². The van der Waals surface area contributed by atoms with Crippen LogP contribution in [0.15, 0.2) is 36.4 Å². The second kappa shape index (κ2) is 12.3. The van der Waals surface area contributed by atoms with Gasteiger partial charge in [-0.1, -0.05) is 0 Å². The Morgan fingerprint density at radius 3 is 2.35 bits per heavy atom. The molecule has 1 N–H and O–H groups in total. The predicted octanol–water partition coefficient (Wildman–Crippen LogP) is 2.78. The van der Waals surface area contributed by atoms with Crippen LogP contribution in [-0.2, 0) is 11.2 Å². The SMILES string of the molecule is CCOc1ccc(C(C)=O)cc1CC(=O)c1ccc(OCCN2CCNCC2)c(C(=O)OC)c1. The number of ether oxygens (including phenoxy) is 3. The summed E-state index contributed by atoms with van der Waals surface area (Å²) >= 11 is 0. The van der Waals surface area contributed by atoms with Crippen LogP contribution in [0.1, 0.15) is 50.5 Å². The monoisotopic (exact) mass is 468 g/mol. The van der Waals surface area contributed by atoms with Gasteiger partial charge in [0.15, 0.2) is 11.6 Å². The third-order valence-corrected chi connectivity index (χ3v) is 5.70. The van der Waals surface area contributed by atoms with E-state index in [-0.39, 0.29) is 23.6 Å². The third-order valence-electron chi connectivity index (χ3n) is 5.70. The Labute approximate surface area is 200 Å². The molecule has 0 spiro atoms. The lowest BCUT2D eigenvalue weighted by atomic mass is 9.98. The van der Waals surface area contributed by atoms with Gasteiger partial charge < -0.3 is 19.5 Å². The minimum atomic E-state index is -0.569. The van der Waals surface area contributed by atoms with Crippen LogP contribution in [0.3, 0.4) is 0 Å². The van der Waals surface area contributed by atoms with Gasteiger partial charge in [-0.3, -0.25) is 14.5 Å². The molecule has 182 valence electrons. The molecule has 0 aliphatic carbocycles. The summed E-state index contributed by atoms with van der Waals surface area (Å²) in [7, 11) is 1.29. The number of esters is 1. The summed E-state index contributed by atoms with van der Waals surface area (Å²) in [4.78, 5) is 39.6. The molecule has 1 heterocycles. The molecule has 0 saturated carbocycles. The summed E-state index contributed by atoms with van der Waals surface area (Å²) in [6, 6.07) is 9.85. The molecule has 8 nitrogen and oxygen atoms in total. The van der Waals surface area contributed by atoms with Gasteiger partial charge in [0.25, 0.3) is 0 Å². The maximum absolute atomic E-state index is 13.1. The van der Waals surface area contributed by atoms with Gasteiger partial charge in [-0.2, -0.15) is 0 Å². The number of ketones is 2. The molecule has 0 amide bonds. The topological polar surface area (TPSA) is 94.2 Å². The number of carbonyl (C=O) groups is 3. The van der Waals surface area contributed by atoms with E-state index < -0.39 is 5.97 Å². The summed E-state index contributed by atoms with van der Waals surface area (Å²) in [6.45, 7) is 8.74. The van der Waals surface area contributed by atoms with Crippen molar-refractivity contribution in [3.05, 3.63) is 58.7 Å². The van der Waals surface area contributed by atoms with Gasteiger partial charge >= 0.3 is 5.97 Å². The number of piperazine rings is 1. The van der Waals surface area contributed by atoms with Crippen LogP contribution in [0, 0.1) is 0 Å². The number of carbonyl (C=O) groups excluding carboxylic acids is 3. The molecule has 8 heteroatoms. The molecular formula is C26H32N2O6. The molecule has 0 unspecified atom stereocenters. The number of hydrogen-bond acceptors (Lipinski definition) is 8. The normalized spacial score (nSPS) is 13.9. The molecule has 0 radical (unpaired) electrons. The van der Waals surface area contributed by atoms with E-state index in [1.165, 1.54) is 20.1 Å². The zero-order valence-electron chi connectivity index (χ0n) is 20.0. The Hall–Kier alpha value is -3.23. The maximum atomic E-state index is 13.1. The second-order valence-electron chi connectivity index (χ2n) is 8.05. The van der Waals surface area contributed by atoms with Crippen LogP contribution in [0.25, 0.3) is 0 Å². The molecule has 0 atom stereocenters. The van der Waals surface area contributed by atoms with Crippen molar-refractivity contribution in [3.8, 4) is 11.5 Å². The molecule has 1 fully saturated rings. The Bertz CT molecular complexity index is 1030. The molecule has 1 saturated heterocycles. The van der Waals surface area contributed by atoms with E-state index in [0.29, 0.717) is 41.4 Å². The highest BCUT2D eigenvalue weighted by atomic mass is 16.5. The summed E-state index contributed by atoms with van der Waals surface area (Å²) in [5.74, 6) is 0.0700. The Balaban J connectivity index is 1.77. The summed E-state index contributed by atoms with van der Waals surface area (Å²) in [5, 5.41) is 3.31. The Morgan fingerprint density at radius 1 is 0.971 bits per heavy atom. The molecule has 0 aromatic heterocycles. The lowest BCUT2D eigenvalue weighted by molar-refractivity contribution is 0.0595. The van der Waals surface area contributed by atoms with Gasteiger partial charge in [0.1, 0.15) is 23.7 Å². The van der Waals surface area contributed by atoms with E-state index in [2.05, 4.69) is 10.2 Å². The van der Waals surface area contributed by atoms with Crippen molar-refractivity contribution in [2.45, 2.75) is 20.3 Å². The van der Waals surface area contributed by atoms with E-state index in [9.17, 15) is 14.4 Å². The predicted molar refractivity (Wildman–Crippen MR) is 128 cm³/mol. The fourth-order valence-corrected chi connectivity index (χ4v) is 3.83. The van der Waals surface area contributed by atoms with Crippen LogP contribution < -0.4 is 14.8 Å². The first-order valence-corrected chi connectivity index (χ1v) is 11.5. The number of nitrogens with zero attached hydrogens (tertiary/aromatic N) is 1. The molecule has 1 aliphatic heterocycles. The van der Waals surface area contributed by atoms with Crippen molar-refractivity contribution >= 4 is 17.5 Å². The van der Waals surface area contributed by atoms with E-state index in [1.54, 1.807) is 30.3 Å². The van der Waals surface area contributed by atoms with E-state index in [1.807, 2.05) is 6.92 Å². The lowest BCUT2D eigenvalue weighted by Crippen LogP contribution is -2.44. The quantitative estimate of drug-likeness (QED) is 0.398. The first-order chi connectivity index (χ1) is 16.4. The van der Waals surface area contributed by atoms with Crippen molar-refractivity contribution in [3.63, 3.8) is 0 Å². The van der Waals surface area contributed by atoms with Gasteiger partial charge in [0.2, 0.25) is 0 Å². The van der Waals surface area contributed by atoms with Gasteiger partial charge in [-0.25, -0.2) is 4.79 Å². The number of rotatable bonds is 11. The number of hydrogen-bond donors (Lipinski definition) is 1. The molecule has 2 aromatic rings. The smallest absolute Gasteiger partial charge is 0.341 e. The van der Waals surface area contributed by atoms with Gasteiger partial charge in [0.05, 0.1) is 13.7 Å². The molecule has 1 aliphatic rings. The third kappa shape index (κ3) is 6.65. The van der Waals surface area contributed by atoms with Crippen molar-refractivity contribution in [1.82, 2.24) is 10.2 Å². The highest BCUT2D eigenvalue weighted by Crippen LogP contribution is 2.25. The minimum Gasteiger partial charge on any atom is -0.494 e. The zero-order valence-corrected chi connectivity index (χ0v) is 20.0. The fraction of sp³-hybridized carbons (Fsp3) is 0.423. The van der Waals surface area contributed by atoms with Crippen LogP contribution in [0.5, 0.6) is 11.5 Å². The van der Waals surface area contributed by atoms with Gasteiger partial charge in [-0.15, -0.1) is 0 Å². The van der Waals surface area contributed by atoms with Gasteiger partial charge in [0, 0.05) is 55.8 Å². The highest BCUT2D eigenvalue weighted by Gasteiger charge is 2.19. The van der Waals surface area contributed by atoms with Crippen molar-refractivity contribution in [2.24, 2.45) is 0 Å².